The first-order valence-corrected chi connectivity index (χ1v) is 10.8. The van der Waals surface area contributed by atoms with E-state index in [4.69, 9.17) is 17.4 Å². The molecule has 3 fully saturated rings. The van der Waals surface area contributed by atoms with Gasteiger partial charge in [-0.25, -0.2) is 4.39 Å². The summed E-state index contributed by atoms with van der Waals surface area (Å²) in [5.41, 5.74) is 1.76. The number of piperidine rings is 1. The lowest BCUT2D eigenvalue weighted by atomic mass is 9.93. The highest BCUT2D eigenvalue weighted by Gasteiger charge is 2.40. The van der Waals surface area contributed by atoms with Crippen molar-refractivity contribution in [3.8, 4) is 0 Å². The number of nitrogens with zero attached hydrogens (tertiary/aromatic N) is 2. The van der Waals surface area contributed by atoms with Crippen LogP contribution < -0.4 is 0 Å². The maximum absolute atomic E-state index is 14.6. The Morgan fingerprint density at radius 3 is 2.68 bits per heavy atom. The number of Topliss-reactive ketones (excluding diaryl/α,β-unsaturated/α-hetero) is 1. The molecule has 0 amide bonds. The molecule has 0 bridgehead atoms. The number of carbonyl (C=O) groups is 1. The summed E-state index contributed by atoms with van der Waals surface area (Å²) in [4.78, 5) is 17.6. The van der Waals surface area contributed by atoms with Gasteiger partial charge in [-0.3, -0.25) is 14.6 Å². The molecule has 4 rings (SSSR count). The topological polar surface area (TPSA) is 32.8 Å². The van der Waals surface area contributed by atoms with Gasteiger partial charge < -0.3 is 4.74 Å². The maximum Gasteiger partial charge on any atom is 0.157 e. The first kappa shape index (κ1) is 20.1. The third-order valence-electron chi connectivity index (χ3n) is 6.03. The van der Waals surface area contributed by atoms with E-state index in [1.807, 2.05) is 6.07 Å². The molecule has 0 radical (unpaired) electrons. The molecule has 0 N–H and O–H groups in total. The highest BCUT2D eigenvalue weighted by Crippen LogP contribution is 2.39. The minimum absolute atomic E-state index is 0.0964. The number of ether oxygens (including phenoxy) is 1. The number of thiol groups is 1. The molecule has 6 heteroatoms. The number of likely N-dealkylation sites (tertiary alicyclic amines) is 1. The van der Waals surface area contributed by atoms with Gasteiger partial charge in [0.25, 0.3) is 0 Å². The first-order chi connectivity index (χ1) is 13.6. The summed E-state index contributed by atoms with van der Waals surface area (Å²) in [5, 5.41) is 0.203. The molecule has 2 heterocycles. The van der Waals surface area contributed by atoms with Crippen molar-refractivity contribution in [3.63, 3.8) is 0 Å². The molecule has 0 spiro atoms. The van der Waals surface area contributed by atoms with Gasteiger partial charge in [-0.05, 0) is 30.9 Å². The number of morpholine rings is 1. The van der Waals surface area contributed by atoms with Crippen molar-refractivity contribution in [3.05, 3.63) is 47.3 Å². The zero-order valence-corrected chi connectivity index (χ0v) is 17.1. The number of hydrogen-bond donors (Lipinski definition) is 1. The largest absolute Gasteiger partial charge is 0.379 e. The van der Waals surface area contributed by atoms with Gasteiger partial charge in [0.15, 0.2) is 5.78 Å². The number of halogens is 1. The third-order valence-corrected chi connectivity index (χ3v) is 6.62. The smallest absolute Gasteiger partial charge is 0.157 e. The molecule has 2 saturated heterocycles. The minimum atomic E-state index is -0.485. The molecule has 1 aromatic rings. The van der Waals surface area contributed by atoms with Crippen LogP contribution in [0.2, 0.25) is 0 Å². The number of rotatable bonds is 6. The summed E-state index contributed by atoms with van der Waals surface area (Å²) in [6, 6.07) is 6.26. The van der Waals surface area contributed by atoms with E-state index in [2.05, 4.69) is 15.9 Å². The predicted octanol–water partition coefficient (Wildman–Crippen LogP) is 3.11. The third kappa shape index (κ3) is 4.67. The Hall–Kier alpha value is -1.21. The van der Waals surface area contributed by atoms with Crippen LogP contribution in [0.3, 0.4) is 0 Å². The zero-order valence-electron chi connectivity index (χ0n) is 16.2. The summed E-state index contributed by atoms with van der Waals surface area (Å²) in [5.74, 6) is -0.0114. The number of hydrogen-bond acceptors (Lipinski definition) is 5. The minimum Gasteiger partial charge on any atom is -0.379 e. The molecule has 152 valence electrons. The molecule has 1 saturated carbocycles. The fourth-order valence-corrected chi connectivity index (χ4v) is 4.46. The van der Waals surface area contributed by atoms with Crippen LogP contribution in [0.5, 0.6) is 0 Å². The van der Waals surface area contributed by atoms with E-state index in [9.17, 15) is 9.18 Å². The van der Waals surface area contributed by atoms with E-state index in [1.54, 1.807) is 12.1 Å². The molecule has 4 nitrogen and oxygen atoms in total. The van der Waals surface area contributed by atoms with E-state index in [1.165, 1.54) is 11.6 Å². The van der Waals surface area contributed by atoms with Crippen molar-refractivity contribution in [2.75, 3.05) is 45.9 Å². The lowest BCUT2D eigenvalue weighted by molar-refractivity contribution is -0.126. The van der Waals surface area contributed by atoms with Crippen LogP contribution in [0, 0.1) is 11.7 Å². The fraction of sp³-hybridized carbons (Fsp3) is 0.591. The Morgan fingerprint density at radius 1 is 1.21 bits per heavy atom. The summed E-state index contributed by atoms with van der Waals surface area (Å²) in [7, 11) is 0. The van der Waals surface area contributed by atoms with Crippen molar-refractivity contribution in [1.29, 1.82) is 0 Å². The van der Waals surface area contributed by atoms with Crippen LogP contribution in [0.1, 0.15) is 30.9 Å². The molecule has 2 aliphatic heterocycles. The van der Waals surface area contributed by atoms with Crippen LogP contribution in [-0.2, 0) is 9.53 Å². The van der Waals surface area contributed by atoms with E-state index in [-0.39, 0.29) is 22.8 Å². The molecule has 2 unspecified atom stereocenters. The number of carbonyl (C=O) groups excluding carboxylic acids is 1. The van der Waals surface area contributed by atoms with Crippen molar-refractivity contribution >= 4 is 18.4 Å². The zero-order chi connectivity index (χ0) is 19.5. The lowest BCUT2D eigenvalue weighted by Crippen LogP contribution is -2.43. The van der Waals surface area contributed by atoms with Gasteiger partial charge >= 0.3 is 0 Å². The molecular formula is C22H29FN2O2S. The Labute approximate surface area is 172 Å². The molecule has 3 aliphatic rings. The normalized spacial score (nSPS) is 27.1. The highest BCUT2D eigenvalue weighted by atomic mass is 32.1. The molecule has 2 atom stereocenters. The maximum atomic E-state index is 14.6. The van der Waals surface area contributed by atoms with Crippen molar-refractivity contribution in [2.45, 2.75) is 30.6 Å². The number of benzene rings is 1. The second-order valence-corrected chi connectivity index (χ2v) is 8.69. The van der Waals surface area contributed by atoms with Gasteiger partial charge in [-0.2, -0.15) is 12.6 Å². The quantitative estimate of drug-likeness (QED) is 0.583. The van der Waals surface area contributed by atoms with E-state index < -0.39 is 6.04 Å². The summed E-state index contributed by atoms with van der Waals surface area (Å²) >= 11 is 4.78. The fourth-order valence-electron chi connectivity index (χ4n) is 4.16. The molecule has 1 aromatic carbocycles. The Bertz CT molecular complexity index is 731. The van der Waals surface area contributed by atoms with Gasteiger partial charge in [0, 0.05) is 49.5 Å². The van der Waals surface area contributed by atoms with Gasteiger partial charge in [0.1, 0.15) is 5.82 Å². The van der Waals surface area contributed by atoms with E-state index in [0.717, 1.165) is 58.7 Å². The van der Waals surface area contributed by atoms with Crippen LogP contribution in [0.15, 0.2) is 35.9 Å². The Balaban J connectivity index is 1.53. The molecule has 1 aliphatic carbocycles. The summed E-state index contributed by atoms with van der Waals surface area (Å²) in [6.45, 7) is 5.78. The van der Waals surface area contributed by atoms with Crippen LogP contribution in [0.4, 0.5) is 4.39 Å². The van der Waals surface area contributed by atoms with Gasteiger partial charge in [-0.1, -0.05) is 24.3 Å². The lowest BCUT2D eigenvalue weighted by Gasteiger charge is -2.38. The molecular weight excluding hydrogens is 375 g/mol. The second kappa shape index (κ2) is 9.08. The SMILES string of the molecule is O=C(C1CC1)C(c1ccccc1F)N1CCC(S)C(=CCN2CCOCC2)C1. The van der Waals surface area contributed by atoms with Crippen LogP contribution in [-0.4, -0.2) is 66.8 Å². The molecule has 0 aromatic heterocycles. The van der Waals surface area contributed by atoms with Crippen LogP contribution >= 0.6 is 12.6 Å². The first-order valence-electron chi connectivity index (χ1n) is 10.3. The standard InChI is InChI=1S/C22H29FN2O2S/c23-19-4-2-1-3-18(19)21(22(26)16-5-6-16)25-10-8-20(28)17(15-25)7-9-24-11-13-27-14-12-24/h1-4,7,16,20-21,28H,5-6,8-15H2. The Morgan fingerprint density at radius 2 is 1.96 bits per heavy atom. The molecule has 28 heavy (non-hydrogen) atoms. The average Bonchev–Trinajstić information content (AvgIpc) is 3.56. The summed E-state index contributed by atoms with van der Waals surface area (Å²) < 4.78 is 20.0. The monoisotopic (exact) mass is 404 g/mol. The van der Waals surface area contributed by atoms with Gasteiger partial charge in [0.2, 0.25) is 0 Å². The van der Waals surface area contributed by atoms with E-state index >= 15 is 0 Å². The highest BCUT2D eigenvalue weighted by molar-refractivity contribution is 7.81. The second-order valence-electron chi connectivity index (χ2n) is 8.07. The van der Waals surface area contributed by atoms with Gasteiger partial charge in [0.05, 0.1) is 19.3 Å². The van der Waals surface area contributed by atoms with E-state index in [0.29, 0.717) is 12.1 Å². The summed E-state index contributed by atoms with van der Waals surface area (Å²) in [6.07, 6.45) is 5.01. The predicted molar refractivity (Wildman–Crippen MR) is 111 cm³/mol. The van der Waals surface area contributed by atoms with Gasteiger partial charge in [-0.15, -0.1) is 0 Å². The van der Waals surface area contributed by atoms with Crippen molar-refractivity contribution in [2.24, 2.45) is 5.92 Å². The van der Waals surface area contributed by atoms with Crippen molar-refractivity contribution in [1.82, 2.24) is 9.80 Å². The number of ketones is 1. The van der Waals surface area contributed by atoms with Crippen molar-refractivity contribution < 1.29 is 13.9 Å². The Kier molecular flexibility index (Phi) is 6.51. The van der Waals surface area contributed by atoms with Crippen LogP contribution in [0.25, 0.3) is 0 Å². The average molecular weight is 405 g/mol.